The van der Waals surface area contributed by atoms with Crippen molar-refractivity contribution in [3.05, 3.63) is 66.0 Å². The zero-order valence-corrected chi connectivity index (χ0v) is 14.9. The van der Waals surface area contributed by atoms with Crippen LogP contribution in [0.3, 0.4) is 0 Å². The number of nitrogens with one attached hydrogen (secondary N) is 2. The van der Waals surface area contributed by atoms with E-state index in [1.807, 2.05) is 48.5 Å². The van der Waals surface area contributed by atoms with E-state index >= 15 is 0 Å². The van der Waals surface area contributed by atoms with Crippen molar-refractivity contribution in [2.75, 3.05) is 31.2 Å². The number of morpholine rings is 1. The molecule has 0 unspecified atom stereocenters. The molecule has 4 rings (SSSR count). The number of ether oxygens (including phenoxy) is 1. The van der Waals surface area contributed by atoms with Crippen LogP contribution in [0.5, 0.6) is 0 Å². The summed E-state index contributed by atoms with van der Waals surface area (Å²) in [6.07, 6.45) is 0. The van der Waals surface area contributed by atoms with Crippen LogP contribution in [0.2, 0.25) is 0 Å². The number of amides is 1. The summed E-state index contributed by atoms with van der Waals surface area (Å²) in [6.45, 7) is 3.45. The van der Waals surface area contributed by atoms with E-state index in [4.69, 9.17) is 4.74 Å². The van der Waals surface area contributed by atoms with E-state index < -0.39 is 0 Å². The van der Waals surface area contributed by atoms with Crippen molar-refractivity contribution in [3.63, 3.8) is 0 Å². The van der Waals surface area contributed by atoms with Crippen LogP contribution in [-0.4, -0.2) is 47.4 Å². The summed E-state index contributed by atoms with van der Waals surface area (Å²) in [5.41, 5.74) is 2.95. The predicted octanol–water partition coefficient (Wildman–Crippen LogP) is 2.24. The second kappa shape index (κ2) is 8.01. The van der Waals surface area contributed by atoms with Crippen LogP contribution in [-0.2, 0) is 11.3 Å². The second-order valence-electron chi connectivity index (χ2n) is 6.30. The van der Waals surface area contributed by atoms with Gasteiger partial charge in [-0.3, -0.25) is 9.89 Å². The molecule has 1 aromatic carbocycles. The Hall–Kier alpha value is -3.19. The highest BCUT2D eigenvalue weighted by molar-refractivity contribution is 5.93. The van der Waals surface area contributed by atoms with Crippen molar-refractivity contribution in [2.45, 2.75) is 6.54 Å². The average molecular weight is 363 g/mol. The summed E-state index contributed by atoms with van der Waals surface area (Å²) in [4.78, 5) is 19.2. The van der Waals surface area contributed by atoms with Gasteiger partial charge < -0.3 is 15.0 Å². The maximum atomic E-state index is 12.4. The molecule has 1 amide bonds. The first-order chi connectivity index (χ1) is 13.3. The third kappa shape index (κ3) is 4.15. The molecule has 0 saturated carbocycles. The van der Waals surface area contributed by atoms with E-state index in [0.717, 1.165) is 35.9 Å². The lowest BCUT2D eigenvalue weighted by molar-refractivity contribution is 0.0945. The lowest BCUT2D eigenvalue weighted by Crippen LogP contribution is -2.37. The summed E-state index contributed by atoms with van der Waals surface area (Å²) in [5.74, 6) is 0.709. The van der Waals surface area contributed by atoms with Crippen LogP contribution in [0, 0.1) is 0 Å². The number of benzene rings is 1. The molecular formula is C20H21N5O2. The van der Waals surface area contributed by atoms with Crippen LogP contribution in [0.25, 0.3) is 11.3 Å². The minimum absolute atomic E-state index is 0.205. The Bertz CT molecular complexity index is 904. The number of rotatable bonds is 5. The lowest BCUT2D eigenvalue weighted by atomic mass is 10.1. The zero-order valence-electron chi connectivity index (χ0n) is 14.9. The molecule has 1 aliphatic heterocycles. The van der Waals surface area contributed by atoms with Gasteiger partial charge in [-0.05, 0) is 18.2 Å². The standard InChI is InChI=1S/C20H21N5O2/c26-20(18-13-17(23-24-18)15-5-2-1-3-6-15)21-14-16-7-4-8-19(22-16)25-9-11-27-12-10-25/h1-8,13H,9-12,14H2,(H,21,26)(H,23,24). The van der Waals surface area contributed by atoms with Crippen LogP contribution in [0.4, 0.5) is 5.82 Å². The molecule has 27 heavy (non-hydrogen) atoms. The fraction of sp³-hybridized carbons (Fsp3) is 0.250. The molecule has 138 valence electrons. The topological polar surface area (TPSA) is 83.1 Å². The van der Waals surface area contributed by atoms with Crippen molar-refractivity contribution < 1.29 is 9.53 Å². The number of carbonyl (C=O) groups excluding carboxylic acids is 1. The Labute approximate surface area is 157 Å². The molecule has 0 aliphatic carbocycles. The highest BCUT2D eigenvalue weighted by atomic mass is 16.5. The summed E-state index contributed by atoms with van der Waals surface area (Å²) in [5, 5.41) is 9.91. The lowest BCUT2D eigenvalue weighted by Gasteiger charge is -2.28. The number of aromatic amines is 1. The van der Waals surface area contributed by atoms with Gasteiger partial charge in [0.05, 0.1) is 31.1 Å². The molecule has 0 bridgehead atoms. The van der Waals surface area contributed by atoms with Crippen molar-refractivity contribution >= 4 is 11.7 Å². The van der Waals surface area contributed by atoms with Gasteiger partial charge in [-0.1, -0.05) is 36.4 Å². The van der Waals surface area contributed by atoms with Crippen LogP contribution in [0.15, 0.2) is 54.6 Å². The van der Waals surface area contributed by atoms with E-state index in [1.165, 1.54) is 0 Å². The Morgan fingerprint density at radius 2 is 1.93 bits per heavy atom. The SMILES string of the molecule is O=C(NCc1cccc(N2CCOCC2)n1)c1cc(-c2ccccc2)n[nH]1. The Balaban J connectivity index is 1.39. The zero-order chi connectivity index (χ0) is 18.5. The summed E-state index contributed by atoms with van der Waals surface area (Å²) in [7, 11) is 0. The Morgan fingerprint density at radius 1 is 1.11 bits per heavy atom. The number of hydrogen-bond donors (Lipinski definition) is 2. The molecule has 0 radical (unpaired) electrons. The maximum Gasteiger partial charge on any atom is 0.269 e. The Kier molecular flexibility index (Phi) is 5.11. The third-order valence-electron chi connectivity index (χ3n) is 4.45. The highest BCUT2D eigenvalue weighted by Crippen LogP contribution is 2.17. The number of H-pyrrole nitrogens is 1. The van der Waals surface area contributed by atoms with E-state index in [9.17, 15) is 4.79 Å². The van der Waals surface area contributed by atoms with Gasteiger partial charge >= 0.3 is 0 Å². The van der Waals surface area contributed by atoms with Crippen molar-refractivity contribution in [1.82, 2.24) is 20.5 Å². The molecule has 3 heterocycles. The van der Waals surface area contributed by atoms with Gasteiger partial charge in [-0.15, -0.1) is 0 Å². The number of aromatic nitrogens is 3. The Morgan fingerprint density at radius 3 is 2.74 bits per heavy atom. The summed E-state index contributed by atoms with van der Waals surface area (Å²) in [6, 6.07) is 17.4. The van der Waals surface area contributed by atoms with Gasteiger partial charge in [0.1, 0.15) is 11.5 Å². The summed E-state index contributed by atoms with van der Waals surface area (Å²) < 4.78 is 5.38. The molecule has 2 aromatic heterocycles. The first-order valence-electron chi connectivity index (χ1n) is 8.97. The number of anilines is 1. The summed E-state index contributed by atoms with van der Waals surface area (Å²) >= 11 is 0. The quantitative estimate of drug-likeness (QED) is 0.726. The van der Waals surface area contributed by atoms with Crippen molar-refractivity contribution in [3.8, 4) is 11.3 Å². The highest BCUT2D eigenvalue weighted by Gasteiger charge is 2.14. The number of carbonyl (C=O) groups is 1. The molecule has 7 heteroatoms. The number of hydrogen-bond acceptors (Lipinski definition) is 5. The van der Waals surface area contributed by atoms with E-state index in [1.54, 1.807) is 6.07 Å². The number of nitrogens with zero attached hydrogens (tertiary/aromatic N) is 3. The average Bonchev–Trinajstić information content (AvgIpc) is 3.24. The largest absolute Gasteiger partial charge is 0.378 e. The first kappa shape index (κ1) is 17.2. The van der Waals surface area contributed by atoms with Crippen molar-refractivity contribution in [2.24, 2.45) is 0 Å². The van der Waals surface area contributed by atoms with E-state index in [2.05, 4.69) is 25.4 Å². The monoisotopic (exact) mass is 363 g/mol. The molecule has 0 spiro atoms. The van der Waals surface area contributed by atoms with E-state index in [-0.39, 0.29) is 5.91 Å². The van der Waals surface area contributed by atoms with Gasteiger partial charge in [0.15, 0.2) is 0 Å². The molecule has 1 aliphatic rings. The fourth-order valence-corrected chi connectivity index (χ4v) is 2.99. The van der Waals surface area contributed by atoms with Gasteiger partial charge in [-0.2, -0.15) is 5.10 Å². The van der Waals surface area contributed by atoms with Crippen LogP contribution >= 0.6 is 0 Å². The van der Waals surface area contributed by atoms with Crippen LogP contribution in [0.1, 0.15) is 16.2 Å². The van der Waals surface area contributed by atoms with Gasteiger partial charge in [0, 0.05) is 18.7 Å². The fourth-order valence-electron chi connectivity index (χ4n) is 2.99. The molecule has 7 nitrogen and oxygen atoms in total. The minimum atomic E-state index is -0.205. The van der Waals surface area contributed by atoms with Crippen LogP contribution < -0.4 is 10.2 Å². The van der Waals surface area contributed by atoms with Gasteiger partial charge in [0.25, 0.3) is 5.91 Å². The number of pyridine rings is 1. The minimum Gasteiger partial charge on any atom is -0.378 e. The predicted molar refractivity (Wildman–Crippen MR) is 102 cm³/mol. The maximum absolute atomic E-state index is 12.4. The molecule has 1 fully saturated rings. The molecular weight excluding hydrogens is 342 g/mol. The van der Waals surface area contributed by atoms with Crippen molar-refractivity contribution in [1.29, 1.82) is 0 Å². The smallest absolute Gasteiger partial charge is 0.269 e. The molecule has 2 N–H and O–H groups in total. The second-order valence-corrected chi connectivity index (χ2v) is 6.30. The van der Waals surface area contributed by atoms with E-state index in [0.29, 0.717) is 25.5 Å². The normalized spacial score (nSPS) is 14.1. The van der Waals surface area contributed by atoms with Gasteiger partial charge in [-0.25, -0.2) is 4.98 Å². The third-order valence-corrected chi connectivity index (χ3v) is 4.45. The molecule has 1 saturated heterocycles. The first-order valence-corrected chi connectivity index (χ1v) is 8.97. The molecule has 0 atom stereocenters. The molecule has 3 aromatic rings. The van der Waals surface area contributed by atoms with Gasteiger partial charge in [0.2, 0.25) is 0 Å².